The van der Waals surface area contributed by atoms with E-state index in [4.69, 9.17) is 4.74 Å². The number of benzene rings is 1. The van der Waals surface area contributed by atoms with Gasteiger partial charge in [-0.3, -0.25) is 14.4 Å². The molecule has 0 saturated heterocycles. The normalized spacial score (nSPS) is 15.0. The van der Waals surface area contributed by atoms with Gasteiger partial charge in [-0.15, -0.1) is 0 Å². The van der Waals surface area contributed by atoms with Gasteiger partial charge >= 0.3 is 12.1 Å². The van der Waals surface area contributed by atoms with Crippen molar-refractivity contribution >= 4 is 36.5 Å². The Balaban J connectivity index is 2.42. The lowest BCUT2D eigenvalue weighted by atomic mass is 9.99. The summed E-state index contributed by atoms with van der Waals surface area (Å²) in [6.07, 6.45) is 0.496. The van der Waals surface area contributed by atoms with Gasteiger partial charge in [0.05, 0.1) is 7.11 Å². The molecule has 2 rings (SSSR count). The molecule has 0 bridgehead atoms. The lowest BCUT2D eigenvalue weighted by molar-refractivity contribution is -0.145. The van der Waals surface area contributed by atoms with Gasteiger partial charge in [0, 0.05) is 17.4 Å². The standard InChI is InChI=1S/C23H33N3O7S/c1-13-7-6-8-15(19(13)28)18(20(29)24-11-17(27)32-5)26(14-9-10-14)21(30)16(12-34)25-22(31)33-23(2,3)4/h6-8,14,16,18,28,34H,9-12H2,1-5H3,(H,24,29)(H,25,31). The molecule has 1 aliphatic rings. The lowest BCUT2D eigenvalue weighted by Gasteiger charge is -2.34. The van der Waals surface area contributed by atoms with Crippen LogP contribution in [0.5, 0.6) is 5.75 Å². The molecule has 3 amide bonds. The second-order valence-electron chi connectivity index (χ2n) is 9.07. The summed E-state index contributed by atoms with van der Waals surface area (Å²) >= 11 is 4.22. The van der Waals surface area contributed by atoms with Crippen molar-refractivity contribution in [3.63, 3.8) is 0 Å². The molecule has 0 aromatic heterocycles. The Bertz CT molecular complexity index is 928. The van der Waals surface area contributed by atoms with Crippen LogP contribution in [0.3, 0.4) is 0 Å². The topological polar surface area (TPSA) is 134 Å². The van der Waals surface area contributed by atoms with Crippen LogP contribution in [0.1, 0.15) is 50.8 Å². The smallest absolute Gasteiger partial charge is 0.408 e. The molecule has 1 aromatic carbocycles. The molecule has 0 heterocycles. The van der Waals surface area contributed by atoms with Crippen LogP contribution in [-0.2, 0) is 23.9 Å². The van der Waals surface area contributed by atoms with E-state index >= 15 is 0 Å². The number of amides is 3. The summed E-state index contributed by atoms with van der Waals surface area (Å²) in [6.45, 7) is 6.36. The fourth-order valence-corrected chi connectivity index (χ4v) is 3.58. The van der Waals surface area contributed by atoms with Crippen molar-refractivity contribution in [2.24, 2.45) is 0 Å². The number of methoxy groups -OCH3 is 1. The number of ether oxygens (including phenoxy) is 2. The molecule has 188 valence electrons. The van der Waals surface area contributed by atoms with E-state index in [1.165, 1.54) is 12.0 Å². The number of esters is 1. The maximum Gasteiger partial charge on any atom is 0.408 e. The number of nitrogens with one attached hydrogen (secondary N) is 2. The number of carbonyl (C=O) groups is 4. The largest absolute Gasteiger partial charge is 0.507 e. The van der Waals surface area contributed by atoms with Crippen molar-refractivity contribution in [2.75, 3.05) is 19.4 Å². The van der Waals surface area contributed by atoms with E-state index in [0.717, 1.165) is 0 Å². The predicted octanol–water partition coefficient (Wildman–Crippen LogP) is 1.85. The third kappa shape index (κ3) is 7.28. The molecular weight excluding hydrogens is 462 g/mol. The highest BCUT2D eigenvalue weighted by Gasteiger charge is 2.44. The first kappa shape index (κ1) is 27.3. The summed E-state index contributed by atoms with van der Waals surface area (Å²) in [5, 5.41) is 15.7. The van der Waals surface area contributed by atoms with E-state index in [0.29, 0.717) is 18.4 Å². The highest BCUT2D eigenvalue weighted by atomic mass is 32.1. The first-order valence-corrected chi connectivity index (χ1v) is 11.6. The highest BCUT2D eigenvalue weighted by molar-refractivity contribution is 7.80. The maximum atomic E-state index is 13.6. The molecule has 1 aromatic rings. The van der Waals surface area contributed by atoms with Gasteiger partial charge in [-0.25, -0.2) is 4.79 Å². The Morgan fingerprint density at radius 2 is 1.88 bits per heavy atom. The Hall–Kier alpha value is -2.95. The number of aryl methyl sites for hydroxylation is 1. The van der Waals surface area contributed by atoms with Gasteiger partial charge in [-0.1, -0.05) is 18.2 Å². The number of phenols is 1. The number of alkyl carbamates (subject to hydrolysis) is 1. The number of rotatable bonds is 9. The van der Waals surface area contributed by atoms with Crippen LogP contribution in [0.15, 0.2) is 18.2 Å². The minimum absolute atomic E-state index is 0.0441. The van der Waals surface area contributed by atoms with E-state index in [-0.39, 0.29) is 23.1 Å². The number of nitrogens with zero attached hydrogens (tertiary/aromatic N) is 1. The fraction of sp³-hybridized carbons (Fsp3) is 0.565. The van der Waals surface area contributed by atoms with Gasteiger partial charge < -0.3 is 30.1 Å². The quantitative estimate of drug-likeness (QED) is 0.303. The number of hydrogen-bond donors (Lipinski definition) is 4. The third-order valence-electron chi connectivity index (χ3n) is 5.09. The van der Waals surface area contributed by atoms with Gasteiger partial charge in [0.15, 0.2) is 0 Å². The SMILES string of the molecule is COC(=O)CNC(=O)C(c1cccc(C)c1O)N(C(=O)C(CS)NC(=O)OC(C)(C)C)C1CC1. The molecule has 0 radical (unpaired) electrons. The van der Waals surface area contributed by atoms with E-state index in [1.54, 1.807) is 45.9 Å². The molecule has 0 spiro atoms. The zero-order valence-corrected chi connectivity index (χ0v) is 21.0. The Labute approximate surface area is 204 Å². The summed E-state index contributed by atoms with van der Waals surface area (Å²) < 4.78 is 9.84. The van der Waals surface area contributed by atoms with Gasteiger partial charge in [0.2, 0.25) is 11.8 Å². The first-order valence-electron chi connectivity index (χ1n) is 10.9. The van der Waals surface area contributed by atoms with Crippen molar-refractivity contribution in [1.29, 1.82) is 0 Å². The maximum absolute atomic E-state index is 13.6. The van der Waals surface area contributed by atoms with Crippen LogP contribution in [-0.4, -0.2) is 71.0 Å². The lowest BCUT2D eigenvalue weighted by Crippen LogP contribution is -2.54. The predicted molar refractivity (Wildman–Crippen MR) is 127 cm³/mol. The van der Waals surface area contributed by atoms with Gasteiger partial charge in [0.25, 0.3) is 0 Å². The molecule has 1 aliphatic carbocycles. The Morgan fingerprint density at radius 1 is 1.24 bits per heavy atom. The number of aromatic hydroxyl groups is 1. The van der Waals surface area contributed by atoms with Crippen molar-refractivity contribution in [3.05, 3.63) is 29.3 Å². The Kier molecular flexibility index (Phi) is 9.20. The number of phenolic OH excluding ortho intramolecular Hbond substituents is 1. The number of carbonyl (C=O) groups excluding carboxylic acids is 4. The zero-order valence-electron chi connectivity index (χ0n) is 20.1. The van der Waals surface area contributed by atoms with Gasteiger partial charge in [-0.05, 0) is 46.1 Å². The van der Waals surface area contributed by atoms with Crippen molar-refractivity contribution < 1.29 is 33.8 Å². The molecule has 1 fully saturated rings. The van der Waals surface area contributed by atoms with Gasteiger partial charge in [0.1, 0.15) is 30.0 Å². The van der Waals surface area contributed by atoms with E-state index in [9.17, 15) is 24.3 Å². The minimum atomic E-state index is -1.24. The Morgan fingerprint density at radius 3 is 2.41 bits per heavy atom. The second kappa shape index (κ2) is 11.5. The monoisotopic (exact) mass is 495 g/mol. The third-order valence-corrected chi connectivity index (χ3v) is 5.46. The van der Waals surface area contributed by atoms with Crippen molar-refractivity contribution in [1.82, 2.24) is 15.5 Å². The van der Waals surface area contributed by atoms with Crippen molar-refractivity contribution in [2.45, 2.75) is 64.3 Å². The van der Waals surface area contributed by atoms with Crippen LogP contribution >= 0.6 is 12.6 Å². The van der Waals surface area contributed by atoms with Crippen LogP contribution in [0.2, 0.25) is 0 Å². The van der Waals surface area contributed by atoms with Crippen LogP contribution in [0.25, 0.3) is 0 Å². The average Bonchev–Trinajstić information content (AvgIpc) is 3.59. The number of thiol groups is 1. The molecule has 2 atom stereocenters. The van der Waals surface area contributed by atoms with Crippen molar-refractivity contribution in [3.8, 4) is 5.75 Å². The summed E-state index contributed by atoms with van der Waals surface area (Å²) in [5.74, 6) is -2.06. The summed E-state index contributed by atoms with van der Waals surface area (Å²) in [5.41, 5.74) is -0.0458. The highest BCUT2D eigenvalue weighted by Crippen LogP contribution is 2.39. The van der Waals surface area contributed by atoms with Crippen LogP contribution < -0.4 is 10.6 Å². The molecule has 10 nitrogen and oxygen atoms in total. The molecule has 3 N–H and O–H groups in total. The molecule has 1 saturated carbocycles. The molecule has 11 heteroatoms. The van der Waals surface area contributed by atoms with E-state index in [1.807, 2.05) is 0 Å². The van der Waals surface area contributed by atoms with E-state index in [2.05, 4.69) is 28.0 Å². The van der Waals surface area contributed by atoms with E-state index < -0.39 is 48.1 Å². The number of hydrogen-bond acceptors (Lipinski definition) is 8. The fourth-order valence-electron chi connectivity index (χ4n) is 3.33. The summed E-state index contributed by atoms with van der Waals surface area (Å²) in [7, 11) is 1.19. The number of para-hydroxylation sites is 1. The molecule has 0 aliphatic heterocycles. The van der Waals surface area contributed by atoms with Crippen LogP contribution in [0.4, 0.5) is 4.79 Å². The summed E-state index contributed by atoms with van der Waals surface area (Å²) in [4.78, 5) is 52.2. The average molecular weight is 496 g/mol. The first-order chi connectivity index (χ1) is 15.9. The molecule has 34 heavy (non-hydrogen) atoms. The van der Waals surface area contributed by atoms with Crippen LogP contribution in [0, 0.1) is 6.92 Å². The second-order valence-corrected chi connectivity index (χ2v) is 9.43. The zero-order chi connectivity index (χ0) is 25.6. The van der Waals surface area contributed by atoms with Gasteiger partial charge in [-0.2, -0.15) is 12.6 Å². The minimum Gasteiger partial charge on any atom is -0.507 e. The summed E-state index contributed by atoms with van der Waals surface area (Å²) in [6, 6.07) is 2.27. The molecule has 2 unspecified atom stereocenters. The molecular formula is C23H33N3O7S.